The summed E-state index contributed by atoms with van der Waals surface area (Å²) in [5.74, 6) is -2.24. The number of aliphatic hydroxyl groups is 1. The molecule has 296 valence electrons. The Morgan fingerprint density at radius 2 is 0.843 bits per heavy atom. The molecule has 0 aliphatic carbocycles. The van der Waals surface area contributed by atoms with Crippen LogP contribution in [0.1, 0.15) is 90.4 Å². The molecule has 51 heavy (non-hydrogen) atoms. The van der Waals surface area contributed by atoms with Crippen LogP contribution in [-0.4, -0.2) is 150 Å². The smallest absolute Gasteiger partial charge is 0.307 e. The van der Waals surface area contributed by atoms with Gasteiger partial charge in [0.05, 0.1) is 71.7 Å². The van der Waals surface area contributed by atoms with Gasteiger partial charge in [-0.1, -0.05) is 6.92 Å². The minimum absolute atomic E-state index is 0.00626. The van der Waals surface area contributed by atoms with Gasteiger partial charge in [0.15, 0.2) is 0 Å². The van der Waals surface area contributed by atoms with E-state index in [1.54, 1.807) is 0 Å². The predicted octanol–water partition coefficient (Wildman–Crippen LogP) is 2.21. The zero-order valence-corrected chi connectivity index (χ0v) is 31.0. The van der Waals surface area contributed by atoms with Crippen LogP contribution in [0.25, 0.3) is 0 Å². The lowest BCUT2D eigenvalue weighted by molar-refractivity contribution is -0.151. The normalized spacial score (nSPS) is 10.9. The van der Waals surface area contributed by atoms with Gasteiger partial charge in [0.2, 0.25) is 0 Å². The summed E-state index contributed by atoms with van der Waals surface area (Å²) in [7, 11) is 3.35. The average molecular weight is 735 g/mol. The fourth-order valence-corrected chi connectivity index (χ4v) is 4.28. The van der Waals surface area contributed by atoms with E-state index < -0.39 is 11.9 Å². The number of aliphatic hydroxyl groups excluding tert-OH is 1. The number of ether oxygens (including phenoxy) is 7. The highest BCUT2D eigenvalue weighted by molar-refractivity contribution is 5.77. The molecule has 0 heterocycles. The molecule has 16 nitrogen and oxygen atoms in total. The first kappa shape index (κ1) is 47.7. The molecule has 0 unspecified atom stereocenters. The molecular weight excluding hydrogens is 672 g/mol. The predicted molar refractivity (Wildman–Crippen MR) is 184 cm³/mol. The number of methoxy groups -OCH3 is 1. The van der Waals surface area contributed by atoms with E-state index in [-0.39, 0.29) is 95.6 Å². The number of carbonyl (C=O) groups is 6. The molecule has 0 rings (SSSR count). The van der Waals surface area contributed by atoms with Gasteiger partial charge in [0.25, 0.3) is 0 Å². The average Bonchev–Trinajstić information content (AvgIpc) is 3.11. The Kier molecular flexibility index (Phi) is 31.6. The second-order valence-electron chi connectivity index (χ2n) is 11.8. The Morgan fingerprint density at radius 3 is 1.27 bits per heavy atom. The summed E-state index contributed by atoms with van der Waals surface area (Å²) in [6, 6.07) is 0. The molecule has 0 radical (unpaired) electrons. The quantitative estimate of drug-likeness (QED) is 0.0574. The maximum atomic E-state index is 12.2. The third kappa shape index (κ3) is 32.3. The first-order valence-corrected chi connectivity index (χ1v) is 18.1. The SMILES string of the molecule is CCCC(=O)OCCCCOC(=O)CCN(CCCO)CCC(=O)OCCCCOC(=O)CCN(C)CCCOC(=O)CCC(=O)OCCOC. The molecule has 0 saturated heterocycles. The second-order valence-corrected chi connectivity index (χ2v) is 11.8. The maximum absolute atomic E-state index is 12.2. The molecule has 0 spiro atoms. The fraction of sp³-hybridized carbons (Fsp3) is 0.829. The molecule has 0 bridgehead atoms. The zero-order valence-electron chi connectivity index (χ0n) is 31.0. The Bertz CT molecular complexity index is 965. The molecule has 0 fully saturated rings. The van der Waals surface area contributed by atoms with Crippen molar-refractivity contribution in [3.05, 3.63) is 0 Å². The summed E-state index contributed by atoms with van der Waals surface area (Å²) in [5.41, 5.74) is 0. The molecule has 0 aromatic rings. The number of rotatable bonds is 34. The van der Waals surface area contributed by atoms with Crippen molar-refractivity contribution in [3.63, 3.8) is 0 Å². The molecule has 0 amide bonds. The molecule has 0 aromatic heterocycles. The van der Waals surface area contributed by atoms with Gasteiger partial charge >= 0.3 is 35.8 Å². The fourth-order valence-electron chi connectivity index (χ4n) is 4.28. The van der Waals surface area contributed by atoms with E-state index in [9.17, 15) is 33.9 Å². The number of unbranched alkanes of at least 4 members (excludes halogenated alkanes) is 2. The number of nitrogens with zero attached hydrogens (tertiary/aromatic N) is 2. The summed E-state index contributed by atoms with van der Waals surface area (Å²) in [6.45, 7) is 5.88. The van der Waals surface area contributed by atoms with Crippen molar-refractivity contribution >= 4 is 35.8 Å². The van der Waals surface area contributed by atoms with Crippen LogP contribution in [0.5, 0.6) is 0 Å². The lowest BCUT2D eigenvalue weighted by Gasteiger charge is -2.21. The van der Waals surface area contributed by atoms with Crippen molar-refractivity contribution in [2.75, 3.05) is 99.7 Å². The molecule has 0 saturated carbocycles. The molecule has 0 aromatic carbocycles. The van der Waals surface area contributed by atoms with E-state index in [1.807, 2.05) is 23.8 Å². The molecule has 0 atom stereocenters. The Labute approximate surface area is 302 Å². The van der Waals surface area contributed by atoms with E-state index in [0.29, 0.717) is 90.9 Å². The van der Waals surface area contributed by atoms with Crippen molar-refractivity contribution in [2.45, 2.75) is 90.4 Å². The topological polar surface area (TPSA) is 194 Å². The standard InChI is InChI=1S/C35H62N2O14/c1-4-11-30(39)46-23-5-6-25-48-34(43)15-20-37(18-9-22-38)21-16-35(44)49-26-8-7-24-47-33(42)14-19-36(2)17-10-27-50-31(40)12-13-32(41)51-29-28-45-3/h38H,4-29H2,1-3H3. The van der Waals surface area contributed by atoms with Crippen LogP contribution < -0.4 is 0 Å². The van der Waals surface area contributed by atoms with E-state index in [0.717, 1.165) is 6.42 Å². The highest BCUT2D eigenvalue weighted by Gasteiger charge is 2.13. The minimum Gasteiger partial charge on any atom is -0.466 e. The van der Waals surface area contributed by atoms with Crippen LogP contribution in [0.3, 0.4) is 0 Å². The van der Waals surface area contributed by atoms with E-state index in [2.05, 4.69) is 0 Å². The minimum atomic E-state index is -0.479. The van der Waals surface area contributed by atoms with Gasteiger partial charge < -0.3 is 48.1 Å². The molecule has 16 heteroatoms. The third-order valence-electron chi connectivity index (χ3n) is 7.21. The lowest BCUT2D eigenvalue weighted by Crippen LogP contribution is -2.31. The van der Waals surface area contributed by atoms with Gasteiger partial charge in [-0.2, -0.15) is 0 Å². The van der Waals surface area contributed by atoms with Gasteiger partial charge in [0, 0.05) is 52.9 Å². The largest absolute Gasteiger partial charge is 0.466 e. The van der Waals surface area contributed by atoms with E-state index in [1.165, 1.54) is 7.11 Å². The first-order chi connectivity index (χ1) is 24.6. The molecule has 1 N–H and O–H groups in total. The van der Waals surface area contributed by atoms with Crippen molar-refractivity contribution in [3.8, 4) is 0 Å². The Balaban J connectivity index is 3.91. The van der Waals surface area contributed by atoms with Gasteiger partial charge in [-0.3, -0.25) is 28.8 Å². The number of carbonyl (C=O) groups excluding carboxylic acids is 6. The highest BCUT2D eigenvalue weighted by atomic mass is 16.6. The van der Waals surface area contributed by atoms with E-state index in [4.69, 9.17) is 33.2 Å². The second kappa shape index (κ2) is 33.8. The van der Waals surface area contributed by atoms with Crippen molar-refractivity contribution < 1.29 is 67.0 Å². The highest BCUT2D eigenvalue weighted by Crippen LogP contribution is 2.03. The van der Waals surface area contributed by atoms with Crippen LogP contribution in [0.4, 0.5) is 0 Å². The molecule has 0 aliphatic heterocycles. The van der Waals surface area contributed by atoms with Gasteiger partial charge in [-0.25, -0.2) is 0 Å². The van der Waals surface area contributed by atoms with Crippen LogP contribution in [0.15, 0.2) is 0 Å². The summed E-state index contributed by atoms with van der Waals surface area (Å²) in [4.78, 5) is 74.8. The van der Waals surface area contributed by atoms with Gasteiger partial charge in [-0.05, 0) is 52.0 Å². The molecular formula is C35H62N2O14. The number of hydrogen-bond donors (Lipinski definition) is 1. The summed E-state index contributed by atoms with van der Waals surface area (Å²) < 4.78 is 35.6. The van der Waals surface area contributed by atoms with Gasteiger partial charge in [-0.15, -0.1) is 0 Å². The van der Waals surface area contributed by atoms with Crippen LogP contribution in [-0.2, 0) is 61.9 Å². The number of hydrogen-bond acceptors (Lipinski definition) is 16. The van der Waals surface area contributed by atoms with Crippen LogP contribution in [0, 0.1) is 0 Å². The number of esters is 6. The van der Waals surface area contributed by atoms with Crippen LogP contribution in [0.2, 0.25) is 0 Å². The van der Waals surface area contributed by atoms with E-state index >= 15 is 0 Å². The monoisotopic (exact) mass is 734 g/mol. The third-order valence-corrected chi connectivity index (χ3v) is 7.21. The Hall–Kier alpha value is -3.34. The van der Waals surface area contributed by atoms with Crippen molar-refractivity contribution in [1.29, 1.82) is 0 Å². The zero-order chi connectivity index (χ0) is 38.0. The summed E-state index contributed by atoms with van der Waals surface area (Å²) in [5, 5.41) is 9.20. The lowest BCUT2D eigenvalue weighted by atomic mass is 10.3. The summed E-state index contributed by atoms with van der Waals surface area (Å²) in [6.07, 6.45) is 4.89. The van der Waals surface area contributed by atoms with Crippen LogP contribution >= 0.6 is 0 Å². The first-order valence-electron chi connectivity index (χ1n) is 18.1. The van der Waals surface area contributed by atoms with Crippen molar-refractivity contribution in [2.24, 2.45) is 0 Å². The maximum Gasteiger partial charge on any atom is 0.307 e. The van der Waals surface area contributed by atoms with Gasteiger partial charge in [0.1, 0.15) is 6.61 Å². The Morgan fingerprint density at radius 1 is 0.451 bits per heavy atom. The summed E-state index contributed by atoms with van der Waals surface area (Å²) >= 11 is 0. The van der Waals surface area contributed by atoms with Crippen molar-refractivity contribution in [1.82, 2.24) is 9.80 Å². The molecule has 0 aliphatic rings.